The van der Waals surface area contributed by atoms with Crippen molar-refractivity contribution in [3.05, 3.63) is 39.8 Å². The lowest BCUT2D eigenvalue weighted by atomic mass is 9.97. The first-order valence-electron chi connectivity index (χ1n) is 8.99. The molecular weight excluding hydrogens is 318 g/mol. The fourth-order valence-electron chi connectivity index (χ4n) is 3.75. The van der Waals surface area contributed by atoms with Gasteiger partial charge in [-0.05, 0) is 50.2 Å². The summed E-state index contributed by atoms with van der Waals surface area (Å²) in [5.41, 5.74) is 3.80. The van der Waals surface area contributed by atoms with Crippen molar-refractivity contribution in [3.63, 3.8) is 0 Å². The van der Waals surface area contributed by atoms with E-state index in [0.717, 1.165) is 38.9 Å². The molecule has 1 aliphatic carbocycles. The van der Waals surface area contributed by atoms with E-state index in [1.165, 1.54) is 39.8 Å². The number of aryl methyl sites for hydroxylation is 2. The first-order valence-corrected chi connectivity index (χ1v) is 9.81. The van der Waals surface area contributed by atoms with Gasteiger partial charge < -0.3 is 15.3 Å². The summed E-state index contributed by atoms with van der Waals surface area (Å²) < 4.78 is 0. The van der Waals surface area contributed by atoms with Crippen LogP contribution in [0.4, 0.5) is 11.4 Å². The number of hydrogen-bond donors (Lipinski definition) is 2. The Morgan fingerprint density at radius 2 is 2.04 bits per heavy atom. The van der Waals surface area contributed by atoms with Crippen molar-refractivity contribution >= 4 is 22.7 Å². The predicted molar refractivity (Wildman–Crippen MR) is 99.9 cm³/mol. The number of hydrogen-bond acceptors (Lipinski definition) is 5. The Morgan fingerprint density at radius 3 is 2.83 bits per heavy atom. The average Bonchev–Trinajstić information content (AvgIpc) is 3.22. The van der Waals surface area contributed by atoms with Crippen LogP contribution in [0.25, 0.3) is 0 Å². The molecule has 24 heavy (non-hydrogen) atoms. The Kier molecular flexibility index (Phi) is 4.72. The normalized spacial score (nSPS) is 18.0. The van der Waals surface area contributed by atoms with E-state index in [9.17, 15) is 5.11 Å². The molecule has 2 aromatic rings. The molecule has 2 heterocycles. The maximum absolute atomic E-state index is 9.33. The molecule has 0 spiro atoms. The molecule has 0 atom stereocenters. The number of benzene rings is 1. The second-order valence-corrected chi connectivity index (χ2v) is 7.98. The maximum Gasteiger partial charge on any atom is 0.112 e. The minimum absolute atomic E-state index is 0.322. The van der Waals surface area contributed by atoms with Gasteiger partial charge in [-0.25, -0.2) is 4.98 Å². The van der Waals surface area contributed by atoms with Gasteiger partial charge >= 0.3 is 0 Å². The third-order valence-electron chi connectivity index (χ3n) is 5.19. The number of fused-ring (bicyclic) bond motifs is 1. The van der Waals surface area contributed by atoms with Gasteiger partial charge in [0, 0.05) is 24.6 Å². The molecular formula is C19H25N3OS. The van der Waals surface area contributed by atoms with Crippen LogP contribution in [0.15, 0.2) is 24.3 Å². The van der Waals surface area contributed by atoms with E-state index in [1.807, 2.05) is 11.3 Å². The number of thiazole rings is 1. The molecule has 128 valence electrons. The summed E-state index contributed by atoms with van der Waals surface area (Å²) in [6.45, 7) is 3.18. The van der Waals surface area contributed by atoms with Crippen LogP contribution >= 0.6 is 11.3 Å². The zero-order chi connectivity index (χ0) is 16.4. The summed E-state index contributed by atoms with van der Waals surface area (Å²) in [7, 11) is 0. The van der Waals surface area contributed by atoms with E-state index >= 15 is 0 Å². The highest BCUT2D eigenvalue weighted by Gasteiger charge is 2.21. The zero-order valence-electron chi connectivity index (χ0n) is 14.0. The van der Waals surface area contributed by atoms with E-state index < -0.39 is 0 Å². The predicted octanol–water partition coefficient (Wildman–Crippen LogP) is 3.45. The number of aliphatic hydroxyl groups is 1. The Morgan fingerprint density at radius 1 is 1.21 bits per heavy atom. The van der Waals surface area contributed by atoms with Crippen LogP contribution in [0.5, 0.6) is 0 Å². The van der Waals surface area contributed by atoms with Crippen molar-refractivity contribution < 1.29 is 5.11 Å². The van der Waals surface area contributed by atoms with E-state index in [-0.39, 0.29) is 0 Å². The topological polar surface area (TPSA) is 48.4 Å². The zero-order valence-corrected chi connectivity index (χ0v) is 14.8. The van der Waals surface area contributed by atoms with Crippen molar-refractivity contribution in [1.29, 1.82) is 0 Å². The molecule has 2 N–H and O–H groups in total. The molecule has 4 nitrogen and oxygen atoms in total. The largest absolute Gasteiger partial charge is 0.396 e. The molecule has 0 bridgehead atoms. The highest BCUT2D eigenvalue weighted by Crippen LogP contribution is 2.31. The minimum Gasteiger partial charge on any atom is -0.396 e. The third-order valence-corrected chi connectivity index (χ3v) is 6.34. The van der Waals surface area contributed by atoms with Gasteiger partial charge in [0.2, 0.25) is 0 Å². The van der Waals surface area contributed by atoms with Crippen LogP contribution < -0.4 is 10.2 Å². The van der Waals surface area contributed by atoms with Gasteiger partial charge in [-0.1, -0.05) is 12.1 Å². The number of rotatable bonds is 5. The summed E-state index contributed by atoms with van der Waals surface area (Å²) >= 11 is 1.87. The van der Waals surface area contributed by atoms with Crippen LogP contribution in [0, 0.1) is 5.92 Å². The Bertz CT molecular complexity index is 670. The van der Waals surface area contributed by atoms with Crippen LogP contribution in [-0.2, 0) is 19.4 Å². The summed E-state index contributed by atoms with van der Waals surface area (Å²) in [5.74, 6) is 0.471. The summed E-state index contributed by atoms with van der Waals surface area (Å²) in [4.78, 5) is 8.72. The molecule has 1 fully saturated rings. The highest BCUT2D eigenvalue weighted by molar-refractivity contribution is 7.11. The molecule has 1 aliphatic heterocycles. The smallest absolute Gasteiger partial charge is 0.112 e. The number of aliphatic hydroxyl groups excluding tert-OH is 1. The molecule has 2 aliphatic rings. The lowest BCUT2D eigenvalue weighted by molar-refractivity contribution is 0.203. The van der Waals surface area contributed by atoms with Crippen molar-refractivity contribution in [3.8, 4) is 0 Å². The van der Waals surface area contributed by atoms with Gasteiger partial charge in [0.1, 0.15) is 5.01 Å². The number of piperidine rings is 1. The highest BCUT2D eigenvalue weighted by atomic mass is 32.1. The van der Waals surface area contributed by atoms with E-state index in [0.29, 0.717) is 12.5 Å². The SMILES string of the molecule is OCC1CCN(c2ccccc2NCc2nc3c(s2)CCC3)CC1. The summed E-state index contributed by atoms with van der Waals surface area (Å²) in [6, 6.07) is 8.56. The quantitative estimate of drug-likeness (QED) is 0.873. The molecule has 0 unspecified atom stereocenters. The van der Waals surface area contributed by atoms with E-state index in [1.54, 1.807) is 0 Å². The van der Waals surface area contributed by atoms with Gasteiger partial charge in [0.05, 0.1) is 23.6 Å². The molecule has 1 aromatic heterocycles. The lowest BCUT2D eigenvalue weighted by Gasteiger charge is -2.34. The molecule has 1 aromatic carbocycles. The van der Waals surface area contributed by atoms with E-state index in [4.69, 9.17) is 4.98 Å². The fourth-order valence-corrected chi connectivity index (χ4v) is 4.84. The Hall–Kier alpha value is -1.59. The van der Waals surface area contributed by atoms with Crippen molar-refractivity contribution in [1.82, 2.24) is 4.98 Å². The Balaban J connectivity index is 1.43. The van der Waals surface area contributed by atoms with Crippen molar-refractivity contribution in [2.75, 3.05) is 29.9 Å². The molecule has 0 amide bonds. The van der Waals surface area contributed by atoms with Crippen LogP contribution in [0.1, 0.15) is 34.8 Å². The molecule has 1 saturated heterocycles. The second kappa shape index (κ2) is 7.11. The number of aromatic nitrogens is 1. The van der Waals surface area contributed by atoms with Gasteiger partial charge in [-0.15, -0.1) is 11.3 Å². The number of anilines is 2. The standard InChI is InChI=1S/C19H25N3OS/c23-13-14-8-10-22(11-9-14)17-6-2-1-4-15(17)20-12-19-21-16-5-3-7-18(16)24-19/h1-2,4,6,14,20,23H,3,5,7-13H2. The first kappa shape index (κ1) is 15.9. The lowest BCUT2D eigenvalue weighted by Crippen LogP contribution is -2.35. The fraction of sp³-hybridized carbons (Fsp3) is 0.526. The van der Waals surface area contributed by atoms with Gasteiger partial charge in [0.15, 0.2) is 0 Å². The van der Waals surface area contributed by atoms with Crippen LogP contribution in [-0.4, -0.2) is 29.8 Å². The Labute approximate surface area is 147 Å². The number of para-hydroxylation sites is 2. The summed E-state index contributed by atoms with van der Waals surface area (Å²) in [6.07, 6.45) is 5.79. The second-order valence-electron chi connectivity index (χ2n) is 6.81. The van der Waals surface area contributed by atoms with E-state index in [2.05, 4.69) is 34.5 Å². The molecule has 5 heteroatoms. The maximum atomic E-state index is 9.33. The third kappa shape index (κ3) is 3.28. The van der Waals surface area contributed by atoms with Gasteiger partial charge in [-0.3, -0.25) is 0 Å². The number of nitrogens with one attached hydrogen (secondary N) is 1. The molecule has 4 rings (SSSR count). The summed E-state index contributed by atoms with van der Waals surface area (Å²) in [5, 5.41) is 14.1. The molecule has 0 radical (unpaired) electrons. The van der Waals surface area contributed by atoms with Gasteiger partial charge in [0.25, 0.3) is 0 Å². The average molecular weight is 343 g/mol. The monoisotopic (exact) mass is 343 g/mol. The van der Waals surface area contributed by atoms with Crippen molar-refractivity contribution in [2.45, 2.75) is 38.6 Å². The van der Waals surface area contributed by atoms with Crippen molar-refractivity contribution in [2.24, 2.45) is 5.92 Å². The van der Waals surface area contributed by atoms with Crippen LogP contribution in [0.2, 0.25) is 0 Å². The van der Waals surface area contributed by atoms with Crippen LogP contribution in [0.3, 0.4) is 0 Å². The molecule has 0 saturated carbocycles. The minimum atomic E-state index is 0.322. The van der Waals surface area contributed by atoms with Gasteiger partial charge in [-0.2, -0.15) is 0 Å². The number of nitrogens with zero attached hydrogens (tertiary/aromatic N) is 2. The first-order chi connectivity index (χ1) is 11.8.